The average Bonchev–Trinajstić information content (AvgIpc) is 2.59. The zero-order valence-corrected chi connectivity index (χ0v) is 13.5. The first-order valence-corrected chi connectivity index (χ1v) is 8.08. The number of aliphatic hydroxyl groups excluding tert-OH is 1. The van der Waals surface area contributed by atoms with E-state index in [4.69, 9.17) is 0 Å². The van der Waals surface area contributed by atoms with Gasteiger partial charge in [0.25, 0.3) is 0 Å². The first-order valence-electron chi connectivity index (χ1n) is 8.08. The topological polar surface area (TPSA) is 45.2 Å². The standard InChI is InChI=1S/C17H16F6N2O/c18-16(19,20)9-4-5-12-10(7-9)11(8-14(25-12)17(21,22)23)15(26)13-3-1-2-6-24-13/h4-5,7-8,13,15,24,26H,1-3,6H2. The number of hydrogen-bond donors (Lipinski definition) is 2. The van der Waals surface area contributed by atoms with E-state index in [1.807, 2.05) is 0 Å². The summed E-state index contributed by atoms with van der Waals surface area (Å²) in [7, 11) is 0. The molecule has 1 aromatic carbocycles. The molecule has 1 aliphatic heterocycles. The molecule has 2 atom stereocenters. The highest BCUT2D eigenvalue weighted by Crippen LogP contribution is 2.37. The molecule has 9 heteroatoms. The van der Waals surface area contributed by atoms with Crippen molar-refractivity contribution in [1.82, 2.24) is 10.3 Å². The van der Waals surface area contributed by atoms with E-state index in [0.717, 1.165) is 25.0 Å². The van der Waals surface area contributed by atoms with Crippen molar-refractivity contribution in [2.24, 2.45) is 0 Å². The number of fused-ring (bicyclic) bond motifs is 1. The summed E-state index contributed by atoms with van der Waals surface area (Å²) in [5, 5.41) is 13.5. The minimum Gasteiger partial charge on any atom is -0.387 e. The number of nitrogens with one attached hydrogen (secondary N) is 1. The second-order valence-corrected chi connectivity index (χ2v) is 6.33. The normalized spacial score (nSPS) is 20.3. The lowest BCUT2D eigenvalue weighted by Gasteiger charge is -2.29. The van der Waals surface area contributed by atoms with Crippen molar-refractivity contribution in [2.75, 3.05) is 6.54 Å². The van der Waals surface area contributed by atoms with Gasteiger partial charge in [-0.3, -0.25) is 0 Å². The number of piperidine rings is 1. The molecule has 2 aromatic rings. The van der Waals surface area contributed by atoms with Crippen LogP contribution in [0, 0.1) is 0 Å². The van der Waals surface area contributed by atoms with Crippen LogP contribution in [-0.2, 0) is 12.4 Å². The monoisotopic (exact) mass is 378 g/mol. The predicted molar refractivity (Wildman–Crippen MR) is 82.3 cm³/mol. The van der Waals surface area contributed by atoms with Gasteiger partial charge in [0.2, 0.25) is 0 Å². The maximum Gasteiger partial charge on any atom is 0.433 e. The lowest BCUT2D eigenvalue weighted by atomic mass is 9.92. The number of alkyl halides is 6. The fourth-order valence-corrected chi connectivity index (χ4v) is 3.18. The van der Waals surface area contributed by atoms with E-state index in [2.05, 4.69) is 10.3 Å². The highest BCUT2D eigenvalue weighted by Gasteiger charge is 2.36. The molecule has 2 N–H and O–H groups in total. The summed E-state index contributed by atoms with van der Waals surface area (Å²) in [6.45, 7) is 0.588. The van der Waals surface area contributed by atoms with Crippen LogP contribution in [0.25, 0.3) is 10.9 Å². The van der Waals surface area contributed by atoms with Crippen molar-refractivity contribution in [2.45, 2.75) is 43.8 Å². The number of hydrogen-bond acceptors (Lipinski definition) is 3. The van der Waals surface area contributed by atoms with Gasteiger partial charge in [0, 0.05) is 11.4 Å². The number of halogens is 6. The van der Waals surface area contributed by atoms with Crippen LogP contribution >= 0.6 is 0 Å². The molecule has 142 valence electrons. The Morgan fingerprint density at radius 2 is 1.77 bits per heavy atom. The Morgan fingerprint density at radius 1 is 1.04 bits per heavy atom. The molecule has 2 unspecified atom stereocenters. The molecule has 0 amide bonds. The van der Waals surface area contributed by atoms with Gasteiger partial charge in [-0.05, 0) is 49.2 Å². The van der Waals surface area contributed by atoms with Crippen LogP contribution in [0.5, 0.6) is 0 Å². The van der Waals surface area contributed by atoms with Gasteiger partial charge in [-0.1, -0.05) is 6.42 Å². The molecule has 0 aliphatic carbocycles. The van der Waals surface area contributed by atoms with Gasteiger partial charge in [-0.15, -0.1) is 0 Å². The van der Waals surface area contributed by atoms with Crippen LogP contribution in [0.4, 0.5) is 26.3 Å². The Bertz CT molecular complexity index is 796. The van der Waals surface area contributed by atoms with E-state index < -0.39 is 35.8 Å². The molecule has 0 radical (unpaired) electrons. The van der Waals surface area contributed by atoms with Gasteiger partial charge >= 0.3 is 12.4 Å². The Hall–Kier alpha value is -1.87. The van der Waals surface area contributed by atoms with Crippen LogP contribution in [0.15, 0.2) is 24.3 Å². The van der Waals surface area contributed by atoms with Crippen LogP contribution in [0.1, 0.15) is 42.2 Å². The summed E-state index contributed by atoms with van der Waals surface area (Å²) in [5.41, 5.74) is -2.68. The SMILES string of the molecule is OC(c1cc(C(F)(F)F)nc2ccc(C(F)(F)F)cc12)C1CCCCN1. The van der Waals surface area contributed by atoms with Crippen LogP contribution in [-0.4, -0.2) is 22.7 Å². The highest BCUT2D eigenvalue weighted by molar-refractivity contribution is 5.84. The predicted octanol–water partition coefficient (Wildman–Crippen LogP) is 4.45. The maximum atomic E-state index is 13.1. The highest BCUT2D eigenvalue weighted by atomic mass is 19.4. The number of aliphatic hydroxyl groups is 1. The molecule has 26 heavy (non-hydrogen) atoms. The first kappa shape index (κ1) is 18.9. The lowest BCUT2D eigenvalue weighted by Crippen LogP contribution is -2.39. The van der Waals surface area contributed by atoms with Crippen molar-refractivity contribution < 1.29 is 31.4 Å². The average molecular weight is 378 g/mol. The minimum absolute atomic E-state index is 0.132. The van der Waals surface area contributed by atoms with E-state index in [1.165, 1.54) is 0 Å². The van der Waals surface area contributed by atoms with Crippen LogP contribution < -0.4 is 5.32 Å². The molecule has 1 fully saturated rings. The molecule has 1 aliphatic rings. The molecule has 0 bridgehead atoms. The maximum absolute atomic E-state index is 13.1. The van der Waals surface area contributed by atoms with Gasteiger partial charge in [0.1, 0.15) is 5.69 Å². The third-order valence-electron chi connectivity index (χ3n) is 4.51. The zero-order valence-electron chi connectivity index (χ0n) is 13.5. The molecule has 1 saturated heterocycles. The molecule has 3 nitrogen and oxygen atoms in total. The van der Waals surface area contributed by atoms with Gasteiger partial charge in [0.15, 0.2) is 0 Å². The van der Waals surface area contributed by atoms with Gasteiger partial charge in [-0.25, -0.2) is 4.98 Å². The molecule has 2 heterocycles. The Kier molecular flexibility index (Phi) is 4.87. The zero-order chi connectivity index (χ0) is 19.1. The fourth-order valence-electron chi connectivity index (χ4n) is 3.18. The number of pyridine rings is 1. The second-order valence-electron chi connectivity index (χ2n) is 6.33. The Morgan fingerprint density at radius 3 is 2.35 bits per heavy atom. The summed E-state index contributed by atoms with van der Waals surface area (Å²) in [4.78, 5) is 3.43. The third-order valence-corrected chi connectivity index (χ3v) is 4.51. The van der Waals surface area contributed by atoms with Crippen molar-refractivity contribution in [3.63, 3.8) is 0 Å². The number of benzene rings is 1. The first-order chi connectivity index (χ1) is 12.1. The van der Waals surface area contributed by atoms with Crippen molar-refractivity contribution in [3.05, 3.63) is 41.1 Å². The van der Waals surface area contributed by atoms with Crippen LogP contribution in [0.3, 0.4) is 0 Å². The Labute approximate surface area is 145 Å². The number of rotatable bonds is 2. The van der Waals surface area contributed by atoms with E-state index in [0.29, 0.717) is 25.1 Å². The summed E-state index contributed by atoms with van der Waals surface area (Å²) >= 11 is 0. The smallest absolute Gasteiger partial charge is 0.387 e. The largest absolute Gasteiger partial charge is 0.433 e. The molecule has 0 spiro atoms. The molecule has 0 saturated carbocycles. The third kappa shape index (κ3) is 3.78. The molecule has 1 aromatic heterocycles. The van der Waals surface area contributed by atoms with Gasteiger partial charge in [0.05, 0.1) is 17.2 Å². The van der Waals surface area contributed by atoms with E-state index in [-0.39, 0.29) is 16.5 Å². The minimum atomic E-state index is -4.77. The second kappa shape index (κ2) is 6.70. The Balaban J connectivity index is 2.18. The summed E-state index contributed by atoms with van der Waals surface area (Å²) in [5.74, 6) is 0. The summed E-state index contributed by atoms with van der Waals surface area (Å²) in [6, 6.07) is 2.44. The van der Waals surface area contributed by atoms with Gasteiger partial charge in [-0.2, -0.15) is 26.3 Å². The van der Waals surface area contributed by atoms with Crippen molar-refractivity contribution in [1.29, 1.82) is 0 Å². The summed E-state index contributed by atoms with van der Waals surface area (Å²) < 4.78 is 78.4. The molecular weight excluding hydrogens is 362 g/mol. The van der Waals surface area contributed by atoms with Crippen LogP contribution in [0.2, 0.25) is 0 Å². The summed E-state index contributed by atoms with van der Waals surface area (Å²) in [6.07, 6.45) is -8.63. The van der Waals surface area contributed by atoms with E-state index in [9.17, 15) is 31.4 Å². The van der Waals surface area contributed by atoms with E-state index >= 15 is 0 Å². The van der Waals surface area contributed by atoms with Crippen molar-refractivity contribution >= 4 is 10.9 Å². The number of nitrogens with zero attached hydrogens (tertiary/aromatic N) is 1. The fraction of sp³-hybridized carbons (Fsp3) is 0.471. The molecule has 3 rings (SSSR count). The van der Waals surface area contributed by atoms with Crippen molar-refractivity contribution in [3.8, 4) is 0 Å². The quantitative estimate of drug-likeness (QED) is 0.759. The van der Waals surface area contributed by atoms with E-state index in [1.54, 1.807) is 0 Å². The lowest BCUT2D eigenvalue weighted by molar-refractivity contribution is -0.141. The number of aromatic nitrogens is 1. The molecular formula is C17H16F6N2O. The van der Waals surface area contributed by atoms with Gasteiger partial charge < -0.3 is 10.4 Å².